The summed E-state index contributed by atoms with van der Waals surface area (Å²) >= 11 is 0. The summed E-state index contributed by atoms with van der Waals surface area (Å²) in [6.45, 7) is 6.18. The summed E-state index contributed by atoms with van der Waals surface area (Å²) in [4.78, 5) is 11.2. The van der Waals surface area contributed by atoms with Crippen LogP contribution >= 0.6 is 0 Å². The van der Waals surface area contributed by atoms with Gasteiger partial charge in [-0.2, -0.15) is 4.98 Å². The van der Waals surface area contributed by atoms with Crippen LogP contribution in [0.15, 0.2) is 36.5 Å². The molecule has 1 fully saturated rings. The lowest BCUT2D eigenvalue weighted by Gasteiger charge is -2.18. The lowest BCUT2D eigenvalue weighted by molar-refractivity contribution is 0.244. The van der Waals surface area contributed by atoms with Crippen LogP contribution in [0.2, 0.25) is 0 Å². The van der Waals surface area contributed by atoms with Gasteiger partial charge in [-0.25, -0.2) is 4.98 Å². The first-order chi connectivity index (χ1) is 10.7. The second kappa shape index (κ2) is 6.64. The summed E-state index contributed by atoms with van der Waals surface area (Å²) in [6.07, 6.45) is 4.39. The zero-order valence-electron chi connectivity index (χ0n) is 13.1. The first-order valence-electron chi connectivity index (χ1n) is 7.83. The van der Waals surface area contributed by atoms with Crippen molar-refractivity contribution in [1.82, 2.24) is 9.97 Å². The van der Waals surface area contributed by atoms with Gasteiger partial charge in [0.15, 0.2) is 0 Å². The Balaban J connectivity index is 1.79. The maximum Gasteiger partial charge on any atom is 0.229 e. The third kappa shape index (κ3) is 3.47. The maximum absolute atomic E-state index is 5.82. The quantitative estimate of drug-likeness (QED) is 0.914. The van der Waals surface area contributed by atoms with Crippen molar-refractivity contribution in [2.75, 3.05) is 23.3 Å². The van der Waals surface area contributed by atoms with Gasteiger partial charge in [0, 0.05) is 19.3 Å². The summed E-state index contributed by atoms with van der Waals surface area (Å²) in [6, 6.07) is 9.83. The number of nitrogens with one attached hydrogen (secondary N) is 1. The van der Waals surface area contributed by atoms with Crippen LogP contribution in [0.5, 0.6) is 5.75 Å². The molecule has 0 radical (unpaired) electrons. The molecule has 3 rings (SSSR count). The fourth-order valence-electron chi connectivity index (χ4n) is 2.58. The van der Waals surface area contributed by atoms with E-state index in [1.54, 1.807) is 6.20 Å². The van der Waals surface area contributed by atoms with Gasteiger partial charge in [0.2, 0.25) is 5.95 Å². The van der Waals surface area contributed by atoms with Crippen LogP contribution in [0.25, 0.3) is 0 Å². The van der Waals surface area contributed by atoms with E-state index in [1.165, 1.54) is 12.8 Å². The first kappa shape index (κ1) is 14.6. The van der Waals surface area contributed by atoms with E-state index in [2.05, 4.69) is 20.2 Å². The van der Waals surface area contributed by atoms with Crippen molar-refractivity contribution in [2.24, 2.45) is 0 Å². The Hall–Kier alpha value is -2.30. The van der Waals surface area contributed by atoms with Crippen molar-refractivity contribution < 1.29 is 4.74 Å². The van der Waals surface area contributed by atoms with Crippen LogP contribution in [0.1, 0.15) is 26.7 Å². The Morgan fingerprint density at radius 3 is 2.68 bits per heavy atom. The molecule has 2 heterocycles. The molecule has 1 saturated heterocycles. The van der Waals surface area contributed by atoms with E-state index in [4.69, 9.17) is 4.74 Å². The molecule has 1 N–H and O–H groups in total. The maximum atomic E-state index is 5.82. The number of para-hydroxylation sites is 2. The van der Waals surface area contributed by atoms with Crippen molar-refractivity contribution in [3.05, 3.63) is 36.5 Å². The van der Waals surface area contributed by atoms with Gasteiger partial charge < -0.3 is 15.0 Å². The minimum Gasteiger partial charge on any atom is -0.489 e. The Morgan fingerprint density at radius 2 is 1.91 bits per heavy atom. The SMILES string of the molecule is CC(C)Oc1ccccc1Nc1nccc(N2CCCC2)n1. The predicted octanol–water partition coefficient (Wildman–Crippen LogP) is 3.61. The molecule has 2 aromatic rings. The lowest BCUT2D eigenvalue weighted by Crippen LogP contribution is -2.19. The number of hydrogen-bond acceptors (Lipinski definition) is 5. The van der Waals surface area contributed by atoms with Crippen molar-refractivity contribution in [3.63, 3.8) is 0 Å². The molecule has 0 unspecified atom stereocenters. The van der Waals surface area contributed by atoms with E-state index >= 15 is 0 Å². The normalized spacial score (nSPS) is 14.4. The summed E-state index contributed by atoms with van der Waals surface area (Å²) in [5, 5.41) is 3.27. The number of rotatable bonds is 5. The number of aromatic nitrogens is 2. The summed E-state index contributed by atoms with van der Waals surface area (Å²) in [7, 11) is 0. The Kier molecular flexibility index (Phi) is 4.42. The largest absolute Gasteiger partial charge is 0.489 e. The first-order valence-corrected chi connectivity index (χ1v) is 7.83. The molecule has 0 amide bonds. The molecule has 0 saturated carbocycles. The van der Waals surface area contributed by atoms with Crippen LogP contribution in [0.3, 0.4) is 0 Å². The van der Waals surface area contributed by atoms with Gasteiger partial charge in [-0.3, -0.25) is 0 Å². The van der Waals surface area contributed by atoms with Gasteiger partial charge in [-0.1, -0.05) is 12.1 Å². The van der Waals surface area contributed by atoms with Crippen molar-refractivity contribution >= 4 is 17.5 Å². The minimum absolute atomic E-state index is 0.125. The average Bonchev–Trinajstić information content (AvgIpc) is 3.03. The standard InChI is InChI=1S/C17H22N4O/c1-13(2)22-15-8-4-3-7-14(15)19-17-18-10-9-16(20-17)21-11-5-6-12-21/h3-4,7-10,13H,5-6,11-12H2,1-2H3,(H,18,19,20). The van der Waals surface area contributed by atoms with E-state index in [-0.39, 0.29) is 6.10 Å². The van der Waals surface area contributed by atoms with Gasteiger partial charge in [-0.15, -0.1) is 0 Å². The van der Waals surface area contributed by atoms with Gasteiger partial charge in [0.05, 0.1) is 11.8 Å². The number of ether oxygens (including phenoxy) is 1. The molecule has 116 valence electrons. The highest BCUT2D eigenvalue weighted by atomic mass is 16.5. The van der Waals surface area contributed by atoms with E-state index < -0.39 is 0 Å². The van der Waals surface area contributed by atoms with E-state index in [9.17, 15) is 0 Å². The van der Waals surface area contributed by atoms with Crippen LogP contribution in [-0.2, 0) is 0 Å². The molecule has 0 spiro atoms. The molecule has 5 nitrogen and oxygen atoms in total. The molecule has 0 bridgehead atoms. The van der Waals surface area contributed by atoms with Gasteiger partial charge in [-0.05, 0) is 44.9 Å². The third-order valence-electron chi connectivity index (χ3n) is 3.57. The number of hydrogen-bond donors (Lipinski definition) is 1. The Bertz CT molecular complexity index is 624. The molecule has 0 aliphatic carbocycles. The van der Waals surface area contributed by atoms with Crippen LogP contribution in [0.4, 0.5) is 17.5 Å². The summed E-state index contributed by atoms with van der Waals surface area (Å²) < 4.78 is 5.82. The predicted molar refractivity (Wildman–Crippen MR) is 89.0 cm³/mol. The molecule has 0 atom stereocenters. The third-order valence-corrected chi connectivity index (χ3v) is 3.57. The molecular weight excluding hydrogens is 276 g/mol. The van der Waals surface area contributed by atoms with Crippen LogP contribution in [0, 0.1) is 0 Å². The monoisotopic (exact) mass is 298 g/mol. The molecule has 22 heavy (non-hydrogen) atoms. The van der Waals surface area contributed by atoms with E-state index in [1.807, 2.05) is 44.2 Å². The van der Waals surface area contributed by atoms with Crippen LogP contribution in [-0.4, -0.2) is 29.2 Å². The van der Waals surface area contributed by atoms with Crippen molar-refractivity contribution in [2.45, 2.75) is 32.8 Å². The molecule has 1 aliphatic heterocycles. The number of nitrogens with zero attached hydrogens (tertiary/aromatic N) is 3. The topological polar surface area (TPSA) is 50.3 Å². The fourth-order valence-corrected chi connectivity index (χ4v) is 2.58. The zero-order valence-corrected chi connectivity index (χ0v) is 13.1. The van der Waals surface area contributed by atoms with Gasteiger partial charge >= 0.3 is 0 Å². The number of anilines is 3. The minimum atomic E-state index is 0.125. The smallest absolute Gasteiger partial charge is 0.229 e. The van der Waals surface area contributed by atoms with Crippen LogP contribution < -0.4 is 15.0 Å². The summed E-state index contributed by atoms with van der Waals surface area (Å²) in [5.41, 5.74) is 0.884. The molecular formula is C17H22N4O. The van der Waals surface area contributed by atoms with Crippen molar-refractivity contribution in [3.8, 4) is 5.75 Å². The molecule has 1 aromatic heterocycles. The van der Waals surface area contributed by atoms with E-state index in [0.717, 1.165) is 30.3 Å². The fraction of sp³-hybridized carbons (Fsp3) is 0.412. The van der Waals surface area contributed by atoms with Gasteiger partial charge in [0.1, 0.15) is 11.6 Å². The highest BCUT2D eigenvalue weighted by molar-refractivity contribution is 5.63. The molecule has 1 aromatic carbocycles. The Labute approximate surface area is 131 Å². The second-order valence-electron chi connectivity index (χ2n) is 5.72. The Morgan fingerprint density at radius 1 is 1.14 bits per heavy atom. The van der Waals surface area contributed by atoms with Gasteiger partial charge in [0.25, 0.3) is 0 Å². The molecule has 5 heteroatoms. The zero-order chi connectivity index (χ0) is 15.4. The highest BCUT2D eigenvalue weighted by Gasteiger charge is 2.14. The summed E-state index contributed by atoms with van der Waals surface area (Å²) in [5.74, 6) is 2.40. The second-order valence-corrected chi connectivity index (χ2v) is 5.72. The van der Waals surface area contributed by atoms with E-state index in [0.29, 0.717) is 5.95 Å². The van der Waals surface area contributed by atoms with Crippen molar-refractivity contribution in [1.29, 1.82) is 0 Å². The molecule has 1 aliphatic rings. The average molecular weight is 298 g/mol. The number of benzene rings is 1. The lowest BCUT2D eigenvalue weighted by atomic mass is 10.3. The highest BCUT2D eigenvalue weighted by Crippen LogP contribution is 2.27.